The van der Waals surface area contributed by atoms with E-state index in [-0.39, 0.29) is 11.7 Å². The first-order chi connectivity index (χ1) is 15.8. The summed E-state index contributed by atoms with van der Waals surface area (Å²) >= 11 is 10.7. The predicted molar refractivity (Wildman–Crippen MR) is 144 cm³/mol. The summed E-state index contributed by atoms with van der Waals surface area (Å²) in [5.74, 6) is 1.85. The van der Waals surface area contributed by atoms with Gasteiger partial charge in [-0.3, -0.25) is 4.79 Å². The van der Waals surface area contributed by atoms with Gasteiger partial charge in [0.25, 0.3) is 5.56 Å². The Morgan fingerprint density at radius 3 is 2.58 bits per heavy atom. The molecule has 3 rings (SSSR count). The van der Waals surface area contributed by atoms with Crippen molar-refractivity contribution >= 4 is 64.9 Å². The van der Waals surface area contributed by atoms with Crippen molar-refractivity contribution in [3.8, 4) is 11.5 Å². The molecule has 0 aliphatic carbocycles. The van der Waals surface area contributed by atoms with Crippen LogP contribution in [0.3, 0.4) is 0 Å². The number of rotatable bonds is 9. The average Bonchev–Trinajstić information content (AvgIpc) is 2.78. The highest BCUT2D eigenvalue weighted by Gasteiger charge is 2.18. The highest BCUT2D eigenvalue weighted by atomic mass is 79.9. The fraction of sp³-hybridized carbons (Fsp3) is 0.375. The normalized spacial score (nSPS) is 11.6. The Kier molecular flexibility index (Phi) is 9.12. The van der Waals surface area contributed by atoms with Gasteiger partial charge in [0.15, 0.2) is 11.5 Å². The molecule has 33 heavy (non-hydrogen) atoms. The van der Waals surface area contributed by atoms with Crippen molar-refractivity contribution < 1.29 is 9.47 Å². The number of benzene rings is 2. The van der Waals surface area contributed by atoms with Crippen LogP contribution < -0.4 is 15.0 Å². The Labute approximate surface area is 218 Å². The predicted octanol–water partition coefficient (Wildman–Crippen LogP) is 7.09. The summed E-state index contributed by atoms with van der Waals surface area (Å²) in [7, 11) is 0. The van der Waals surface area contributed by atoms with E-state index in [1.165, 1.54) is 4.68 Å². The van der Waals surface area contributed by atoms with Gasteiger partial charge in [-0.25, -0.2) is 4.98 Å². The molecule has 6 nitrogen and oxygen atoms in total. The molecule has 0 unspecified atom stereocenters. The third-order valence-electron chi connectivity index (χ3n) is 4.75. The first-order valence-electron chi connectivity index (χ1n) is 10.8. The summed E-state index contributed by atoms with van der Waals surface area (Å²) in [6, 6.07) is 7.36. The Bertz CT molecular complexity index is 1240. The van der Waals surface area contributed by atoms with Crippen LogP contribution in [0, 0.1) is 0 Å². The van der Waals surface area contributed by atoms with E-state index >= 15 is 0 Å². The van der Waals surface area contributed by atoms with Crippen LogP contribution in [-0.2, 0) is 6.42 Å². The van der Waals surface area contributed by atoms with Crippen molar-refractivity contribution in [1.82, 2.24) is 9.66 Å². The molecule has 3 aromatic rings. The second kappa shape index (κ2) is 11.6. The van der Waals surface area contributed by atoms with Crippen LogP contribution in [0.1, 0.15) is 51.9 Å². The summed E-state index contributed by atoms with van der Waals surface area (Å²) in [5, 5.41) is 5.07. The fourth-order valence-corrected chi connectivity index (χ4v) is 4.51. The van der Waals surface area contributed by atoms with Crippen LogP contribution in [0.15, 0.2) is 47.6 Å². The summed E-state index contributed by atoms with van der Waals surface area (Å²) in [4.78, 5) is 18.0. The van der Waals surface area contributed by atoms with Gasteiger partial charge >= 0.3 is 0 Å². The zero-order chi connectivity index (χ0) is 24.1. The minimum atomic E-state index is -0.205. The Morgan fingerprint density at radius 1 is 1.15 bits per heavy atom. The first-order valence-corrected chi connectivity index (χ1v) is 13.2. The van der Waals surface area contributed by atoms with E-state index in [1.54, 1.807) is 12.3 Å². The van der Waals surface area contributed by atoms with Gasteiger partial charge in [0.2, 0.25) is 0 Å². The smallest absolute Gasteiger partial charge is 0.282 e. The minimum Gasteiger partial charge on any atom is -0.490 e. The van der Waals surface area contributed by atoms with Crippen molar-refractivity contribution in [3.05, 3.63) is 59.4 Å². The lowest BCUT2D eigenvalue weighted by molar-refractivity contribution is 0.222. The molecule has 176 valence electrons. The highest BCUT2D eigenvalue weighted by Crippen LogP contribution is 2.43. The van der Waals surface area contributed by atoms with Gasteiger partial charge < -0.3 is 9.47 Å². The molecule has 0 N–H and O–H groups in total. The molecular formula is C24H26Br3N3O3. The van der Waals surface area contributed by atoms with E-state index in [0.717, 1.165) is 31.8 Å². The highest BCUT2D eigenvalue weighted by molar-refractivity contribution is 9.13. The van der Waals surface area contributed by atoms with E-state index in [9.17, 15) is 4.79 Å². The topological polar surface area (TPSA) is 65.7 Å². The van der Waals surface area contributed by atoms with Crippen molar-refractivity contribution in [1.29, 1.82) is 0 Å². The Balaban J connectivity index is 2.14. The minimum absolute atomic E-state index is 0.0189. The molecule has 0 spiro atoms. The van der Waals surface area contributed by atoms with Crippen LogP contribution >= 0.6 is 47.8 Å². The number of aryl methyl sites for hydroxylation is 1. The molecule has 0 saturated heterocycles. The number of halogens is 3. The molecule has 2 aromatic carbocycles. The maximum Gasteiger partial charge on any atom is 0.282 e. The number of nitrogens with zero attached hydrogens (tertiary/aromatic N) is 3. The lowest BCUT2D eigenvalue weighted by Crippen LogP contribution is -2.22. The number of hydrogen-bond donors (Lipinski definition) is 0. The van der Waals surface area contributed by atoms with E-state index in [0.29, 0.717) is 41.3 Å². The van der Waals surface area contributed by atoms with Gasteiger partial charge in [0, 0.05) is 20.9 Å². The van der Waals surface area contributed by atoms with Crippen LogP contribution in [-0.4, -0.2) is 28.6 Å². The molecule has 0 fully saturated rings. The Hall–Kier alpha value is -1.71. The summed E-state index contributed by atoms with van der Waals surface area (Å²) in [6.45, 7) is 8.43. The molecule has 0 amide bonds. The van der Waals surface area contributed by atoms with Gasteiger partial charge in [-0.2, -0.15) is 9.78 Å². The van der Waals surface area contributed by atoms with Gasteiger partial charge in [-0.15, -0.1) is 0 Å². The maximum absolute atomic E-state index is 13.3. The summed E-state index contributed by atoms with van der Waals surface area (Å²) in [6.07, 6.45) is 4.18. The molecular weight excluding hydrogens is 618 g/mol. The van der Waals surface area contributed by atoms with Crippen LogP contribution in [0.2, 0.25) is 0 Å². The molecule has 1 aromatic heterocycles. The zero-order valence-electron chi connectivity index (χ0n) is 19.0. The third kappa shape index (κ3) is 6.05. The Morgan fingerprint density at radius 2 is 1.91 bits per heavy atom. The van der Waals surface area contributed by atoms with Gasteiger partial charge in [-0.1, -0.05) is 29.3 Å². The quantitative estimate of drug-likeness (QED) is 0.234. The molecule has 0 aliphatic heterocycles. The average molecular weight is 644 g/mol. The van der Waals surface area contributed by atoms with Gasteiger partial charge in [-0.05, 0) is 83.3 Å². The molecule has 0 atom stereocenters. The first kappa shape index (κ1) is 25.9. The number of unbranched alkanes of at least 4 members (excludes halogenated alkanes) is 1. The maximum atomic E-state index is 13.3. The molecule has 0 aliphatic rings. The molecule has 9 heteroatoms. The van der Waals surface area contributed by atoms with Crippen molar-refractivity contribution in [2.24, 2.45) is 5.10 Å². The number of ether oxygens (including phenoxy) is 2. The van der Waals surface area contributed by atoms with Crippen LogP contribution in [0.25, 0.3) is 10.9 Å². The number of fused-ring (bicyclic) bond motifs is 1. The third-order valence-corrected chi connectivity index (χ3v) is 7.39. The largest absolute Gasteiger partial charge is 0.490 e. The molecule has 1 heterocycles. The van der Waals surface area contributed by atoms with Gasteiger partial charge in [0.05, 0.1) is 34.3 Å². The fourth-order valence-electron chi connectivity index (χ4n) is 3.24. The SMILES string of the molecule is CCCCc1nc2ccc(Br)cc2c(=O)n1N=Cc1cc(OCC)c(OC(C)C)c(Br)c1Br. The van der Waals surface area contributed by atoms with Crippen molar-refractivity contribution in [2.75, 3.05) is 6.61 Å². The van der Waals surface area contributed by atoms with E-state index in [4.69, 9.17) is 14.5 Å². The monoisotopic (exact) mass is 641 g/mol. The van der Waals surface area contributed by atoms with E-state index < -0.39 is 0 Å². The van der Waals surface area contributed by atoms with Gasteiger partial charge in [0.1, 0.15) is 5.82 Å². The molecule has 0 radical (unpaired) electrons. The lowest BCUT2D eigenvalue weighted by Gasteiger charge is -2.18. The van der Waals surface area contributed by atoms with E-state index in [2.05, 4.69) is 59.8 Å². The summed E-state index contributed by atoms with van der Waals surface area (Å²) in [5.41, 5.74) is 1.20. The second-order valence-corrected chi connectivity index (χ2v) is 10.2. The molecule has 0 saturated carbocycles. The number of hydrogen-bond acceptors (Lipinski definition) is 5. The lowest BCUT2D eigenvalue weighted by atomic mass is 10.2. The second-order valence-electron chi connectivity index (χ2n) is 7.68. The van der Waals surface area contributed by atoms with Crippen LogP contribution in [0.5, 0.6) is 11.5 Å². The van der Waals surface area contributed by atoms with Crippen molar-refractivity contribution in [3.63, 3.8) is 0 Å². The number of aromatic nitrogens is 2. The van der Waals surface area contributed by atoms with Crippen molar-refractivity contribution in [2.45, 2.75) is 53.1 Å². The zero-order valence-corrected chi connectivity index (χ0v) is 23.8. The molecule has 0 bridgehead atoms. The van der Waals surface area contributed by atoms with Crippen LogP contribution in [0.4, 0.5) is 0 Å². The summed E-state index contributed by atoms with van der Waals surface area (Å²) < 4.78 is 15.5. The standard InChI is InChI=1S/C24H26Br3N3O3/c1-5-7-8-20-29-18-10-9-16(25)12-17(18)24(31)30(20)28-13-15-11-19(32-6-2)23(33-14(3)4)22(27)21(15)26/h9-14H,5-8H2,1-4H3. The van der Waals surface area contributed by atoms with E-state index in [1.807, 2.05) is 39.0 Å².